The molecule has 0 amide bonds. The second kappa shape index (κ2) is 39.5. The number of rotatable bonds is 15. The zero-order chi connectivity index (χ0) is 99.6. The molecule has 12 rings (SSSR count). The Hall–Kier alpha value is -8.16. The molecule has 3 unspecified atom stereocenters. The normalized spacial score (nSPS) is 39.1. The summed E-state index contributed by atoms with van der Waals surface area (Å²) in [5, 5.41) is 156. The minimum atomic E-state index is -2.20. The fourth-order valence-corrected chi connectivity index (χ4v) is 24.5. The van der Waals surface area contributed by atoms with Gasteiger partial charge in [-0.2, -0.15) is 0 Å². The highest BCUT2D eigenvalue weighted by molar-refractivity contribution is 6.40. The molecule has 0 spiro atoms. The van der Waals surface area contributed by atoms with E-state index in [1.807, 2.05) is 6.92 Å². The maximum atomic E-state index is 14.8. The number of aliphatic hydroxyl groups excluding tert-OH is 10. The molecule has 13 N–H and O–H groups in total. The van der Waals surface area contributed by atoms with E-state index in [0.717, 1.165) is 27.7 Å². The predicted octanol–water partition coefficient (Wildman–Crippen LogP) is 8.35. The lowest BCUT2D eigenvalue weighted by atomic mass is 9.43. The summed E-state index contributed by atoms with van der Waals surface area (Å²) < 4.78 is 53.6. The smallest absolute Gasteiger partial charge is 0.338 e. The SMILES string of the molecule is CC[C@@]1(OC(C)=O)C2[C@H](OC(=O)c3ccccc3)[C@]3(O)C[C@H](O)C(C)=C([C@@H](OC(C)=O)C(=O)[C@]2(C)[C@@H](O)C[C@H]1O)C3(C)C.CC[C@@]1(OC(C)=O)C2[C@H](OC(=O)c3ccccc3)[C@]3(O)C[C@H](O)C(C)=C([C@@H](OC(C)=O)[C@@H](O)[C@]2(C)[C@@H](C)C[C@H]1O)C3(C)C.CC[C@@]1(OC(C)=O)C2[C@H](OC(=O)c3ccccc3)[C@]3(O)C[C@H](O)C(C)=C([C@@H](OC(C)=O)[C@@H](O)[C@]2(C)[C@@H](O)C[C@H]1O)C3(C)C.ClCCl. The number of carbonyl (C=O) groups excluding carboxylic acids is 10. The fourth-order valence-electron chi connectivity index (χ4n) is 24.5. The van der Waals surface area contributed by atoms with Crippen LogP contribution in [0, 0.1) is 56.2 Å². The first-order valence-corrected chi connectivity index (χ1v) is 45.8. The Morgan fingerprint density at radius 1 is 0.371 bits per heavy atom. The number of hydrogen-bond acceptors (Lipinski definition) is 32. The van der Waals surface area contributed by atoms with Crippen molar-refractivity contribution < 1.29 is 157 Å². The number of carbonyl (C=O) groups is 10. The molecule has 6 saturated carbocycles. The van der Waals surface area contributed by atoms with Crippen molar-refractivity contribution in [3.8, 4) is 0 Å². The molecular formula is C98H134Cl2O32. The lowest BCUT2D eigenvalue weighted by Crippen LogP contribution is -2.78. The van der Waals surface area contributed by atoms with Crippen molar-refractivity contribution in [1.82, 2.24) is 0 Å². The lowest BCUT2D eigenvalue weighted by Gasteiger charge is -2.67. The molecule has 732 valence electrons. The number of fused-ring (bicyclic) bond motifs is 9. The molecule has 9 aliphatic carbocycles. The average molecular weight is 1900 g/mol. The van der Waals surface area contributed by atoms with E-state index in [0.29, 0.717) is 16.7 Å². The molecule has 32 nitrogen and oxygen atoms in total. The number of alkyl halides is 2. The third-order valence-electron chi connectivity index (χ3n) is 31.8. The molecule has 0 aromatic heterocycles. The summed E-state index contributed by atoms with van der Waals surface area (Å²) >= 11 is 9.53. The third-order valence-corrected chi connectivity index (χ3v) is 31.8. The molecule has 3 aromatic rings. The number of aliphatic hydroxyl groups is 13. The van der Waals surface area contributed by atoms with Gasteiger partial charge in [0.05, 0.1) is 88.1 Å². The van der Waals surface area contributed by atoms with Crippen molar-refractivity contribution in [2.24, 2.45) is 56.2 Å². The molecule has 6 bridgehead atoms. The van der Waals surface area contributed by atoms with Gasteiger partial charge in [0.1, 0.15) is 64.1 Å². The average Bonchev–Trinajstić information content (AvgIpc) is 0.685. The molecule has 29 atom stereocenters. The van der Waals surface area contributed by atoms with Crippen LogP contribution in [-0.4, -0.2) is 263 Å². The van der Waals surface area contributed by atoms with Crippen LogP contribution in [0.15, 0.2) is 124 Å². The first-order chi connectivity index (χ1) is 61.1. The number of esters is 9. The van der Waals surface area contributed by atoms with Crippen LogP contribution in [0.2, 0.25) is 0 Å². The maximum absolute atomic E-state index is 14.8. The summed E-state index contributed by atoms with van der Waals surface area (Å²) in [6.07, 6.45) is -25.7. The molecular weight excluding hydrogens is 1760 g/mol. The number of benzene rings is 3. The summed E-state index contributed by atoms with van der Waals surface area (Å²) in [7, 11) is 0. The zero-order valence-corrected chi connectivity index (χ0v) is 80.6. The summed E-state index contributed by atoms with van der Waals surface area (Å²) in [6, 6.07) is 24.1. The van der Waals surface area contributed by atoms with Crippen LogP contribution in [0.25, 0.3) is 0 Å². The Kier molecular flexibility index (Phi) is 32.2. The summed E-state index contributed by atoms with van der Waals surface area (Å²) in [4.78, 5) is 132. The molecule has 6 fully saturated rings. The zero-order valence-electron chi connectivity index (χ0n) is 79.1. The molecule has 0 saturated heterocycles. The molecule has 0 heterocycles. The van der Waals surface area contributed by atoms with Gasteiger partial charge in [0.15, 0.2) is 24.1 Å². The Bertz CT molecular complexity index is 4700. The molecule has 0 radical (unpaired) electrons. The summed E-state index contributed by atoms with van der Waals surface area (Å²) in [5.74, 6) is -12.6. The second-order valence-corrected chi connectivity index (χ2v) is 40.2. The number of ketones is 1. The van der Waals surface area contributed by atoms with E-state index in [1.165, 1.54) is 52.0 Å². The third kappa shape index (κ3) is 17.8. The lowest BCUT2D eigenvalue weighted by molar-refractivity contribution is -0.311. The predicted molar refractivity (Wildman–Crippen MR) is 476 cm³/mol. The van der Waals surface area contributed by atoms with Gasteiger partial charge in [0.25, 0.3) is 0 Å². The van der Waals surface area contributed by atoms with Crippen molar-refractivity contribution in [1.29, 1.82) is 0 Å². The van der Waals surface area contributed by atoms with E-state index in [2.05, 4.69) is 0 Å². The van der Waals surface area contributed by atoms with Crippen LogP contribution in [0.5, 0.6) is 0 Å². The highest BCUT2D eigenvalue weighted by atomic mass is 35.5. The largest absolute Gasteiger partial charge is 0.456 e. The van der Waals surface area contributed by atoms with Crippen molar-refractivity contribution in [2.45, 2.75) is 341 Å². The van der Waals surface area contributed by atoms with Crippen LogP contribution in [0.4, 0.5) is 0 Å². The second-order valence-electron chi connectivity index (χ2n) is 39.4. The first-order valence-electron chi connectivity index (χ1n) is 44.8. The molecule has 9 aliphatic rings. The van der Waals surface area contributed by atoms with Crippen molar-refractivity contribution in [3.05, 3.63) is 141 Å². The van der Waals surface area contributed by atoms with Crippen molar-refractivity contribution in [3.63, 3.8) is 0 Å². The standard InChI is InChI=1S/C33H46O10.C32H44O11.C32H42O11.CH2Cl2/c1-9-32(43-20(5)35)23(37)15-17(2)31(8)26(32)28(42-29(39)21-13-11-10-12-14-21)33(40)16-22(36)18(3)24(30(33,6)7)25(27(31)38)41-19(4)34;2*1-8-31(43-18(4)34)22(37)14-21(36)30(7)25(31)27(42-28(39)19-12-10-9-11-13-19)32(40)15-20(35)16(2)23(29(32,5)6)24(26(30)38)41-17(3)33;2-1-3/h10-14,17,22-23,25-28,36-38,40H,9,15-16H2,1-8H3;9-13,20-22,24-27,35-38,40H,8,14-15H2,1-7H3;9-13,20-22,24-25,27,35-37,40H,8,14-15H2,1-7H3;1H2/t17-,22-,23+,25+,26?,27+,28-,31+,32-,33+;20-,21-,22+,24+,25?,26+,27-,30+,31-,32+;20-,21-,22+,24+,25?,27-,30+,31-,32+;/m000./s1. The number of Topliss-reactive ketones (excluding diaryl/α,β-unsaturated/α-hetero) is 1. The van der Waals surface area contributed by atoms with Gasteiger partial charge in [-0.05, 0) is 129 Å². The number of halogens is 2. The van der Waals surface area contributed by atoms with Crippen LogP contribution < -0.4 is 0 Å². The van der Waals surface area contributed by atoms with E-state index in [9.17, 15) is 114 Å². The van der Waals surface area contributed by atoms with E-state index in [4.69, 9.17) is 65.8 Å². The Balaban J connectivity index is 0.000000219. The Morgan fingerprint density at radius 2 is 0.644 bits per heavy atom. The highest BCUT2D eigenvalue weighted by Crippen LogP contribution is 2.69. The van der Waals surface area contributed by atoms with Gasteiger partial charge < -0.3 is 109 Å². The Labute approximate surface area is 779 Å². The summed E-state index contributed by atoms with van der Waals surface area (Å²) in [6.45, 7) is 33.0. The molecule has 34 heteroatoms. The molecule has 0 aliphatic heterocycles. The highest BCUT2D eigenvalue weighted by Gasteiger charge is 2.80. The topological polar surface area (TPSA) is 517 Å². The van der Waals surface area contributed by atoms with Gasteiger partial charge in [0.2, 0.25) is 0 Å². The van der Waals surface area contributed by atoms with Crippen LogP contribution >= 0.6 is 23.2 Å². The fraction of sp³-hybridized carbons (Fsp3) is 0.653. The minimum Gasteiger partial charge on any atom is -0.456 e. The van der Waals surface area contributed by atoms with E-state index in [1.54, 1.807) is 157 Å². The van der Waals surface area contributed by atoms with Crippen molar-refractivity contribution in [2.75, 3.05) is 5.34 Å². The monoisotopic (exact) mass is 1890 g/mol. The Morgan fingerprint density at radius 3 is 0.955 bits per heavy atom. The van der Waals surface area contributed by atoms with Crippen LogP contribution in [0.1, 0.15) is 241 Å². The van der Waals surface area contributed by atoms with Gasteiger partial charge in [-0.25, -0.2) is 14.4 Å². The number of hydrogen-bond donors (Lipinski definition) is 13. The van der Waals surface area contributed by atoms with Crippen LogP contribution in [-0.2, 0) is 76.2 Å². The van der Waals surface area contributed by atoms with Gasteiger partial charge in [0, 0.05) is 107 Å². The van der Waals surface area contributed by atoms with Gasteiger partial charge in [-0.3, -0.25) is 33.6 Å². The van der Waals surface area contributed by atoms with Gasteiger partial charge >= 0.3 is 53.7 Å². The van der Waals surface area contributed by atoms with Gasteiger partial charge in [-0.15, -0.1) is 23.2 Å². The quantitative estimate of drug-likeness (QED) is 0.0294. The van der Waals surface area contributed by atoms with E-state index < -0.39 is 253 Å². The summed E-state index contributed by atoms with van der Waals surface area (Å²) in [5.41, 5.74) is -19.3. The minimum absolute atomic E-state index is 0.0475. The van der Waals surface area contributed by atoms with Crippen LogP contribution in [0.3, 0.4) is 0 Å². The van der Waals surface area contributed by atoms with Gasteiger partial charge in [-0.1, -0.05) is 138 Å². The number of ether oxygens (including phenoxy) is 9. The first kappa shape index (κ1) is 108. The maximum Gasteiger partial charge on any atom is 0.338 e. The van der Waals surface area contributed by atoms with Crippen molar-refractivity contribution >= 4 is 82.7 Å². The van der Waals surface area contributed by atoms with E-state index >= 15 is 0 Å². The molecule has 3 aromatic carbocycles. The molecule has 132 heavy (non-hydrogen) atoms. The van der Waals surface area contributed by atoms with E-state index in [-0.39, 0.29) is 90.1 Å².